The lowest BCUT2D eigenvalue weighted by Crippen LogP contribution is -2.55. The van der Waals surface area contributed by atoms with Gasteiger partial charge >= 0.3 is 0 Å². The summed E-state index contributed by atoms with van der Waals surface area (Å²) in [6.07, 6.45) is 6.26. The van der Waals surface area contributed by atoms with Crippen LogP contribution in [0.15, 0.2) is 0 Å². The largest absolute Gasteiger partial charge is 0.350 e. The molecule has 0 aromatic rings. The molecule has 0 bridgehead atoms. The summed E-state index contributed by atoms with van der Waals surface area (Å²) in [5.41, 5.74) is -0.638. The number of hydrogen-bond acceptors (Lipinski definition) is 2. The van der Waals surface area contributed by atoms with Crippen LogP contribution in [0.3, 0.4) is 0 Å². The third-order valence-corrected chi connectivity index (χ3v) is 2.68. The minimum absolute atomic E-state index is 0.0184. The molecular formula is C13H24N2O. The second kappa shape index (κ2) is 5.36. The first kappa shape index (κ1) is 15.0. The first-order valence-corrected chi connectivity index (χ1v) is 5.71. The number of rotatable bonds is 5. The van der Waals surface area contributed by atoms with Crippen LogP contribution in [0, 0.1) is 12.3 Å². The summed E-state index contributed by atoms with van der Waals surface area (Å²) >= 11 is 0. The van der Waals surface area contributed by atoms with Crippen LogP contribution in [-0.4, -0.2) is 23.0 Å². The number of amides is 1. The van der Waals surface area contributed by atoms with Gasteiger partial charge in [-0.1, -0.05) is 12.8 Å². The summed E-state index contributed by atoms with van der Waals surface area (Å²) < 4.78 is 0. The maximum atomic E-state index is 11.9. The number of terminal acetylenes is 1. The van der Waals surface area contributed by atoms with Crippen LogP contribution in [0.4, 0.5) is 0 Å². The summed E-state index contributed by atoms with van der Waals surface area (Å²) in [5.74, 6) is 2.59. The van der Waals surface area contributed by atoms with Gasteiger partial charge in [0.1, 0.15) is 0 Å². The molecule has 0 aliphatic carbocycles. The van der Waals surface area contributed by atoms with E-state index in [9.17, 15) is 4.79 Å². The molecule has 0 rings (SSSR count). The first-order chi connectivity index (χ1) is 7.13. The van der Waals surface area contributed by atoms with Gasteiger partial charge in [0.05, 0.1) is 11.6 Å². The van der Waals surface area contributed by atoms with E-state index in [0.29, 0.717) is 0 Å². The van der Waals surface area contributed by atoms with Crippen molar-refractivity contribution >= 4 is 5.91 Å². The highest BCUT2D eigenvalue weighted by molar-refractivity contribution is 5.82. The Morgan fingerprint density at radius 1 is 1.38 bits per heavy atom. The minimum atomic E-state index is -0.465. The fourth-order valence-electron chi connectivity index (χ4n) is 1.18. The molecule has 0 spiro atoms. The standard InChI is InChI=1S/C13H24N2O/c1-8-12(4,5)14-10(3)11(16)15-13(6,7)9-2/h1,10,14H,9H2,2-7H3,(H,15,16). The van der Waals surface area contributed by atoms with Gasteiger partial charge in [0, 0.05) is 5.54 Å². The van der Waals surface area contributed by atoms with Crippen molar-refractivity contribution in [1.82, 2.24) is 10.6 Å². The fourth-order valence-corrected chi connectivity index (χ4v) is 1.18. The van der Waals surface area contributed by atoms with Gasteiger partial charge in [0.2, 0.25) is 5.91 Å². The van der Waals surface area contributed by atoms with E-state index in [2.05, 4.69) is 16.6 Å². The van der Waals surface area contributed by atoms with Crippen LogP contribution < -0.4 is 10.6 Å². The molecule has 0 aromatic heterocycles. The lowest BCUT2D eigenvalue weighted by atomic mass is 10.0. The lowest BCUT2D eigenvalue weighted by molar-refractivity contribution is -0.124. The average molecular weight is 224 g/mol. The van der Waals surface area contributed by atoms with Crippen LogP contribution in [0.1, 0.15) is 48.0 Å². The summed E-state index contributed by atoms with van der Waals surface area (Å²) in [5, 5.41) is 6.09. The van der Waals surface area contributed by atoms with Crippen LogP contribution in [-0.2, 0) is 4.79 Å². The Morgan fingerprint density at radius 2 is 1.88 bits per heavy atom. The summed E-state index contributed by atoms with van der Waals surface area (Å²) in [6, 6.07) is -0.295. The molecule has 0 saturated heterocycles. The van der Waals surface area contributed by atoms with E-state index in [-0.39, 0.29) is 17.5 Å². The maximum absolute atomic E-state index is 11.9. The second-order valence-corrected chi connectivity index (χ2v) is 5.36. The Kier molecular flexibility index (Phi) is 5.02. The molecule has 2 N–H and O–H groups in total. The monoisotopic (exact) mass is 224 g/mol. The van der Waals surface area contributed by atoms with Gasteiger partial charge in [-0.3, -0.25) is 10.1 Å². The zero-order valence-corrected chi connectivity index (χ0v) is 11.3. The third kappa shape index (κ3) is 5.18. The van der Waals surface area contributed by atoms with E-state index < -0.39 is 5.54 Å². The van der Waals surface area contributed by atoms with E-state index in [0.717, 1.165) is 6.42 Å². The molecule has 0 aliphatic heterocycles. The molecule has 3 nitrogen and oxygen atoms in total. The highest BCUT2D eigenvalue weighted by Crippen LogP contribution is 2.08. The van der Waals surface area contributed by atoms with Gasteiger partial charge < -0.3 is 5.32 Å². The molecule has 0 radical (unpaired) electrons. The Labute approximate surface area is 99.4 Å². The van der Waals surface area contributed by atoms with Crippen molar-refractivity contribution in [2.45, 2.75) is 65.1 Å². The SMILES string of the molecule is C#CC(C)(C)NC(C)C(=O)NC(C)(C)CC. The Balaban J connectivity index is 4.38. The molecule has 3 heteroatoms. The highest BCUT2D eigenvalue weighted by atomic mass is 16.2. The molecule has 16 heavy (non-hydrogen) atoms. The first-order valence-electron chi connectivity index (χ1n) is 5.71. The predicted molar refractivity (Wildman–Crippen MR) is 68.0 cm³/mol. The van der Waals surface area contributed by atoms with Crippen molar-refractivity contribution in [3.63, 3.8) is 0 Å². The van der Waals surface area contributed by atoms with Gasteiger partial charge in [-0.05, 0) is 41.0 Å². The number of carbonyl (C=O) groups is 1. The zero-order chi connectivity index (χ0) is 13.0. The number of nitrogens with one attached hydrogen (secondary N) is 2. The summed E-state index contributed by atoms with van der Waals surface area (Å²) in [6.45, 7) is 11.6. The summed E-state index contributed by atoms with van der Waals surface area (Å²) in [7, 11) is 0. The third-order valence-electron chi connectivity index (χ3n) is 2.68. The smallest absolute Gasteiger partial charge is 0.237 e. The second-order valence-electron chi connectivity index (χ2n) is 5.36. The molecule has 0 fully saturated rings. The maximum Gasteiger partial charge on any atom is 0.237 e. The Morgan fingerprint density at radius 3 is 2.25 bits per heavy atom. The predicted octanol–water partition coefficient (Wildman–Crippen LogP) is 1.68. The van der Waals surface area contributed by atoms with Crippen LogP contribution in [0.25, 0.3) is 0 Å². The van der Waals surface area contributed by atoms with E-state index >= 15 is 0 Å². The molecule has 0 aliphatic rings. The van der Waals surface area contributed by atoms with Gasteiger partial charge in [-0.2, -0.15) is 0 Å². The van der Waals surface area contributed by atoms with Gasteiger partial charge in [-0.25, -0.2) is 0 Å². The molecule has 1 unspecified atom stereocenters. The van der Waals surface area contributed by atoms with Crippen LogP contribution in [0.2, 0.25) is 0 Å². The topological polar surface area (TPSA) is 41.1 Å². The quantitative estimate of drug-likeness (QED) is 0.698. The molecule has 0 aromatic carbocycles. The highest BCUT2D eigenvalue weighted by Gasteiger charge is 2.25. The zero-order valence-electron chi connectivity index (χ0n) is 11.3. The van der Waals surface area contributed by atoms with Crippen molar-refractivity contribution in [1.29, 1.82) is 0 Å². The molecule has 0 heterocycles. The van der Waals surface area contributed by atoms with E-state index in [4.69, 9.17) is 6.42 Å². The lowest BCUT2D eigenvalue weighted by Gasteiger charge is -2.29. The van der Waals surface area contributed by atoms with Crippen LogP contribution >= 0.6 is 0 Å². The van der Waals surface area contributed by atoms with E-state index in [1.165, 1.54) is 0 Å². The van der Waals surface area contributed by atoms with E-state index in [1.54, 1.807) is 0 Å². The summed E-state index contributed by atoms with van der Waals surface area (Å²) in [4.78, 5) is 11.9. The van der Waals surface area contributed by atoms with Gasteiger partial charge in [0.25, 0.3) is 0 Å². The molecule has 1 atom stereocenters. The van der Waals surface area contributed by atoms with Crippen molar-refractivity contribution in [3.05, 3.63) is 0 Å². The minimum Gasteiger partial charge on any atom is -0.350 e. The molecule has 0 saturated carbocycles. The fraction of sp³-hybridized carbons (Fsp3) is 0.769. The van der Waals surface area contributed by atoms with Crippen LogP contribution in [0.5, 0.6) is 0 Å². The van der Waals surface area contributed by atoms with Crippen molar-refractivity contribution in [2.75, 3.05) is 0 Å². The molecule has 1 amide bonds. The number of carbonyl (C=O) groups excluding carboxylic acids is 1. The molecule has 92 valence electrons. The van der Waals surface area contributed by atoms with Crippen molar-refractivity contribution in [2.24, 2.45) is 0 Å². The normalized spacial score (nSPS) is 14.1. The van der Waals surface area contributed by atoms with Gasteiger partial charge in [-0.15, -0.1) is 6.42 Å². The number of hydrogen-bond donors (Lipinski definition) is 2. The molecular weight excluding hydrogens is 200 g/mol. The Bertz CT molecular complexity index is 287. The van der Waals surface area contributed by atoms with Gasteiger partial charge in [0.15, 0.2) is 0 Å². The Hall–Kier alpha value is -1.01. The van der Waals surface area contributed by atoms with Crippen molar-refractivity contribution < 1.29 is 4.79 Å². The average Bonchev–Trinajstić information content (AvgIpc) is 2.16. The van der Waals surface area contributed by atoms with Crippen molar-refractivity contribution in [3.8, 4) is 12.3 Å². The van der Waals surface area contributed by atoms with E-state index in [1.807, 2.05) is 41.5 Å².